The second-order valence-electron chi connectivity index (χ2n) is 1.81. The van der Waals surface area contributed by atoms with Crippen LogP contribution in [0, 0.1) is 0 Å². The Bertz CT molecular complexity index is 200. The maximum absolute atomic E-state index is 10.8. The Balaban J connectivity index is 4.55. The minimum atomic E-state index is -1.02. The Labute approximate surface area is 69.9 Å². The molecule has 12 heavy (non-hydrogen) atoms. The van der Waals surface area contributed by atoms with Gasteiger partial charge in [-0.2, -0.15) is 0 Å². The van der Waals surface area contributed by atoms with Crippen molar-refractivity contribution in [3.63, 3.8) is 0 Å². The lowest BCUT2D eigenvalue weighted by Gasteiger charge is -2.11. The van der Waals surface area contributed by atoms with Gasteiger partial charge in [0.2, 0.25) is 6.29 Å². The van der Waals surface area contributed by atoms with Crippen molar-refractivity contribution < 1.29 is 23.8 Å². The average Bonchev–Trinajstić information content (AvgIpc) is 2.12. The van der Waals surface area contributed by atoms with Crippen LogP contribution in [0.3, 0.4) is 0 Å². The molecule has 0 saturated carbocycles. The van der Waals surface area contributed by atoms with Gasteiger partial charge < -0.3 is 14.2 Å². The third-order valence-electron chi connectivity index (χ3n) is 1.18. The maximum atomic E-state index is 10.8. The number of hydrogen-bond acceptors (Lipinski definition) is 5. The molecule has 0 unspecified atom stereocenters. The van der Waals surface area contributed by atoms with Crippen LogP contribution in [0.4, 0.5) is 0 Å². The molecule has 0 aliphatic carbocycles. The molecule has 0 aliphatic heterocycles. The standard InChI is InChI=1S/C7H10O5/c1-10-6(9)5(4-8)7(11-2)12-3/h7H,1-3H3. The maximum Gasteiger partial charge on any atom is 0.350 e. The Kier molecular flexibility index (Phi) is 4.96. The summed E-state index contributed by atoms with van der Waals surface area (Å²) in [5, 5.41) is 0. The Morgan fingerprint density at radius 3 is 2.00 bits per heavy atom. The summed E-state index contributed by atoms with van der Waals surface area (Å²) < 4.78 is 13.6. The van der Waals surface area contributed by atoms with Gasteiger partial charge in [0.25, 0.3) is 0 Å². The van der Waals surface area contributed by atoms with Gasteiger partial charge in [0.05, 0.1) is 7.11 Å². The largest absolute Gasteiger partial charge is 0.465 e. The monoisotopic (exact) mass is 174 g/mol. The molecule has 0 rings (SSSR count). The number of carbonyl (C=O) groups excluding carboxylic acids is 2. The normalized spacial score (nSPS) is 9.33. The van der Waals surface area contributed by atoms with Crippen molar-refractivity contribution in [2.75, 3.05) is 21.3 Å². The van der Waals surface area contributed by atoms with Crippen LogP contribution in [0.1, 0.15) is 0 Å². The van der Waals surface area contributed by atoms with E-state index in [1.54, 1.807) is 0 Å². The lowest BCUT2D eigenvalue weighted by atomic mass is 10.3. The van der Waals surface area contributed by atoms with Crippen molar-refractivity contribution in [2.45, 2.75) is 6.29 Å². The molecule has 0 N–H and O–H groups in total. The molecule has 0 aromatic heterocycles. The van der Waals surface area contributed by atoms with Crippen molar-refractivity contribution in [2.24, 2.45) is 0 Å². The van der Waals surface area contributed by atoms with Crippen LogP contribution in [0.15, 0.2) is 5.57 Å². The first-order valence-electron chi connectivity index (χ1n) is 3.10. The summed E-state index contributed by atoms with van der Waals surface area (Å²) in [6.45, 7) is 0. The van der Waals surface area contributed by atoms with Gasteiger partial charge in [-0.05, 0) is 0 Å². The molecule has 0 fully saturated rings. The Hall–Kier alpha value is -1.16. The van der Waals surface area contributed by atoms with Crippen LogP contribution < -0.4 is 0 Å². The van der Waals surface area contributed by atoms with E-state index in [0.717, 1.165) is 7.11 Å². The molecule has 5 heteroatoms. The van der Waals surface area contributed by atoms with Crippen molar-refractivity contribution in [1.29, 1.82) is 0 Å². The minimum Gasteiger partial charge on any atom is -0.465 e. The molecule has 0 atom stereocenters. The highest BCUT2D eigenvalue weighted by Gasteiger charge is 2.22. The highest BCUT2D eigenvalue weighted by Crippen LogP contribution is 2.04. The quantitative estimate of drug-likeness (QED) is 0.250. The van der Waals surface area contributed by atoms with E-state index in [-0.39, 0.29) is 5.57 Å². The van der Waals surface area contributed by atoms with Crippen LogP contribution in [0.5, 0.6) is 0 Å². The molecule has 0 bridgehead atoms. The fourth-order valence-corrected chi connectivity index (χ4v) is 0.628. The van der Waals surface area contributed by atoms with Gasteiger partial charge >= 0.3 is 5.97 Å². The zero-order valence-electron chi connectivity index (χ0n) is 7.12. The van der Waals surface area contributed by atoms with Crippen molar-refractivity contribution in [3.8, 4) is 0 Å². The molecule has 0 aromatic rings. The second-order valence-corrected chi connectivity index (χ2v) is 1.81. The summed E-state index contributed by atoms with van der Waals surface area (Å²) in [5.74, 6) is 0.590. The first-order chi connectivity index (χ1) is 5.71. The van der Waals surface area contributed by atoms with Crippen LogP contribution in [0.2, 0.25) is 0 Å². The number of ether oxygens (including phenoxy) is 3. The average molecular weight is 174 g/mol. The first-order valence-corrected chi connectivity index (χ1v) is 3.10. The topological polar surface area (TPSA) is 61.8 Å². The molecule has 0 spiro atoms. The van der Waals surface area contributed by atoms with Crippen LogP contribution in [-0.2, 0) is 23.8 Å². The number of rotatable bonds is 4. The van der Waals surface area contributed by atoms with E-state index >= 15 is 0 Å². The van der Waals surface area contributed by atoms with Crippen LogP contribution in [0.25, 0.3) is 0 Å². The van der Waals surface area contributed by atoms with Gasteiger partial charge in [0.1, 0.15) is 5.94 Å². The molecular formula is C7H10O5. The lowest BCUT2D eigenvalue weighted by Crippen LogP contribution is -2.23. The zero-order chi connectivity index (χ0) is 9.56. The van der Waals surface area contributed by atoms with E-state index in [1.807, 2.05) is 0 Å². The van der Waals surface area contributed by atoms with Gasteiger partial charge in [-0.15, -0.1) is 0 Å². The molecule has 0 saturated heterocycles. The third kappa shape index (κ3) is 2.47. The molecule has 0 aromatic carbocycles. The fraction of sp³-hybridized carbons (Fsp3) is 0.571. The lowest BCUT2D eigenvalue weighted by molar-refractivity contribution is -0.142. The zero-order valence-corrected chi connectivity index (χ0v) is 7.12. The molecule has 0 aliphatic rings. The molecular weight excluding hydrogens is 164 g/mol. The molecule has 0 radical (unpaired) electrons. The van der Waals surface area contributed by atoms with E-state index in [9.17, 15) is 9.59 Å². The number of esters is 1. The van der Waals surface area contributed by atoms with Crippen LogP contribution >= 0.6 is 0 Å². The molecule has 5 nitrogen and oxygen atoms in total. The van der Waals surface area contributed by atoms with Crippen LogP contribution in [-0.4, -0.2) is 39.5 Å². The summed E-state index contributed by atoms with van der Waals surface area (Å²) in [7, 11) is 3.75. The molecule has 0 amide bonds. The summed E-state index contributed by atoms with van der Waals surface area (Å²) in [5.41, 5.74) is -0.317. The Morgan fingerprint density at radius 1 is 1.25 bits per heavy atom. The van der Waals surface area contributed by atoms with Gasteiger partial charge in [0, 0.05) is 14.2 Å². The smallest absolute Gasteiger partial charge is 0.350 e. The molecule has 68 valence electrons. The molecule has 0 heterocycles. The van der Waals surface area contributed by atoms with Crippen molar-refractivity contribution in [3.05, 3.63) is 5.57 Å². The van der Waals surface area contributed by atoms with E-state index in [2.05, 4.69) is 14.2 Å². The number of methoxy groups -OCH3 is 3. The third-order valence-corrected chi connectivity index (χ3v) is 1.18. The SMILES string of the molecule is COC(=O)C(=C=O)C(OC)OC. The van der Waals surface area contributed by atoms with Crippen molar-refractivity contribution >= 4 is 11.9 Å². The predicted octanol–water partition coefficient (Wildman–Crippen LogP) is -0.464. The fourth-order valence-electron chi connectivity index (χ4n) is 0.628. The second kappa shape index (κ2) is 5.49. The summed E-state index contributed by atoms with van der Waals surface area (Å²) in [6.07, 6.45) is -1.02. The van der Waals surface area contributed by atoms with Gasteiger partial charge in [-0.3, -0.25) is 0 Å². The van der Waals surface area contributed by atoms with Gasteiger partial charge in [-0.25, -0.2) is 9.59 Å². The highest BCUT2D eigenvalue weighted by atomic mass is 16.7. The minimum absolute atomic E-state index is 0.317. The van der Waals surface area contributed by atoms with Gasteiger partial charge in [-0.1, -0.05) is 0 Å². The van der Waals surface area contributed by atoms with Crippen molar-refractivity contribution in [1.82, 2.24) is 0 Å². The van der Waals surface area contributed by atoms with E-state index in [4.69, 9.17) is 0 Å². The van der Waals surface area contributed by atoms with E-state index in [0.29, 0.717) is 0 Å². The summed E-state index contributed by atoms with van der Waals surface area (Å²) in [6, 6.07) is 0. The Morgan fingerprint density at radius 2 is 1.75 bits per heavy atom. The van der Waals surface area contributed by atoms with Gasteiger partial charge in [0.15, 0.2) is 5.57 Å². The number of carbonyl (C=O) groups is 1. The summed E-state index contributed by atoms with van der Waals surface area (Å²) >= 11 is 0. The first kappa shape index (κ1) is 10.8. The number of hydrogen-bond donors (Lipinski definition) is 0. The highest BCUT2D eigenvalue weighted by molar-refractivity contribution is 5.97. The van der Waals surface area contributed by atoms with E-state index < -0.39 is 12.3 Å². The summed E-state index contributed by atoms with van der Waals surface area (Å²) in [4.78, 5) is 21.1. The predicted molar refractivity (Wildman–Crippen MR) is 39.0 cm³/mol. The van der Waals surface area contributed by atoms with E-state index in [1.165, 1.54) is 20.2 Å².